The molecule has 0 aliphatic carbocycles. The number of anilines is 1. The Kier molecular flexibility index (Phi) is 4.15. The highest BCUT2D eigenvalue weighted by molar-refractivity contribution is 6.36. The molecule has 5 heteroatoms. The minimum atomic E-state index is -0.895. The van der Waals surface area contributed by atoms with Gasteiger partial charge in [-0.3, -0.25) is 0 Å². The maximum absolute atomic E-state index is 10.9. The van der Waals surface area contributed by atoms with Crippen LogP contribution in [0, 0.1) is 0 Å². The number of carboxylic acids is 1. The second-order valence-corrected chi connectivity index (χ2v) is 4.93. The molecule has 1 aromatic carbocycles. The van der Waals surface area contributed by atoms with Gasteiger partial charge in [0.25, 0.3) is 0 Å². The number of hydrogen-bond donors (Lipinski definition) is 1. The fourth-order valence-electron chi connectivity index (χ4n) is 2.19. The third-order valence-corrected chi connectivity index (χ3v) is 3.61. The van der Waals surface area contributed by atoms with E-state index in [1.54, 1.807) is 12.1 Å². The number of carbonyl (C=O) groups is 1. The molecule has 0 aromatic heterocycles. The molecule has 0 saturated carbocycles. The molecule has 1 aliphatic heterocycles. The lowest BCUT2D eigenvalue weighted by Crippen LogP contribution is -2.30. The van der Waals surface area contributed by atoms with Gasteiger partial charge >= 0.3 is 5.97 Å². The number of carboxylic acid groups (broad SMARTS) is 1. The molecule has 0 amide bonds. The predicted molar refractivity (Wildman–Crippen MR) is 73.7 cm³/mol. The minimum absolute atomic E-state index is 0.328. The lowest BCUT2D eigenvalue weighted by atomic mass is 9.99. The molecular formula is C13H13Cl2NO2. The second kappa shape index (κ2) is 5.63. The van der Waals surface area contributed by atoms with Crippen molar-refractivity contribution < 1.29 is 9.90 Å². The molecule has 0 atom stereocenters. The van der Waals surface area contributed by atoms with Crippen molar-refractivity contribution in [2.24, 2.45) is 0 Å². The number of hydrogen-bond acceptors (Lipinski definition) is 2. The van der Waals surface area contributed by atoms with Crippen LogP contribution in [-0.4, -0.2) is 24.2 Å². The first-order valence-corrected chi connectivity index (χ1v) is 6.49. The summed E-state index contributed by atoms with van der Waals surface area (Å²) >= 11 is 11.5. The zero-order chi connectivity index (χ0) is 13.1. The van der Waals surface area contributed by atoms with Gasteiger partial charge in [0.1, 0.15) is 0 Å². The van der Waals surface area contributed by atoms with Crippen molar-refractivity contribution >= 4 is 34.9 Å². The van der Waals surface area contributed by atoms with Crippen LogP contribution in [0.25, 0.3) is 0 Å². The number of fused-ring (bicyclic) bond motifs is 1. The number of halogens is 2. The van der Waals surface area contributed by atoms with Crippen LogP contribution in [-0.2, 0) is 6.42 Å². The first-order valence-electron chi connectivity index (χ1n) is 5.67. The predicted octanol–water partition coefficient (Wildman–Crippen LogP) is 3.46. The van der Waals surface area contributed by atoms with Crippen LogP contribution >= 0.6 is 23.2 Å². The Morgan fingerprint density at radius 3 is 2.94 bits per heavy atom. The summed E-state index contributed by atoms with van der Waals surface area (Å²) in [5, 5.41) is 9.55. The Bertz CT molecular complexity index is 500. The van der Waals surface area contributed by atoms with Gasteiger partial charge in [0.05, 0.1) is 12.1 Å². The normalized spacial score (nSPS) is 15.4. The Balaban J connectivity index is 2.30. The van der Waals surface area contributed by atoms with Gasteiger partial charge in [0, 0.05) is 22.8 Å². The van der Waals surface area contributed by atoms with Crippen molar-refractivity contribution in [2.45, 2.75) is 12.8 Å². The third kappa shape index (κ3) is 2.79. The van der Waals surface area contributed by atoms with Gasteiger partial charge in [-0.15, -0.1) is 0 Å². The molecule has 3 nitrogen and oxygen atoms in total. The van der Waals surface area contributed by atoms with E-state index in [1.807, 2.05) is 6.07 Å². The molecule has 96 valence electrons. The smallest absolute Gasteiger partial charge is 0.335 e. The van der Waals surface area contributed by atoms with E-state index in [9.17, 15) is 4.79 Å². The molecule has 18 heavy (non-hydrogen) atoms. The zero-order valence-corrected chi connectivity index (χ0v) is 11.2. The van der Waals surface area contributed by atoms with Crippen LogP contribution in [0.1, 0.15) is 22.3 Å². The van der Waals surface area contributed by atoms with E-state index in [1.165, 1.54) is 5.54 Å². The Hall–Kier alpha value is -1.19. The molecule has 0 bridgehead atoms. The summed E-state index contributed by atoms with van der Waals surface area (Å²) in [6, 6.07) is 5.20. The highest BCUT2D eigenvalue weighted by Crippen LogP contribution is 2.29. The lowest BCUT2D eigenvalue weighted by molar-refractivity contribution is 0.0697. The number of aromatic carboxylic acids is 1. The Morgan fingerprint density at radius 2 is 2.28 bits per heavy atom. The topological polar surface area (TPSA) is 40.5 Å². The maximum Gasteiger partial charge on any atom is 0.335 e. The monoisotopic (exact) mass is 285 g/mol. The van der Waals surface area contributed by atoms with Crippen LogP contribution in [0.5, 0.6) is 0 Å². The summed E-state index contributed by atoms with van der Waals surface area (Å²) < 4.78 is 0. The number of nitrogens with zero attached hydrogens (tertiary/aromatic N) is 1. The van der Waals surface area contributed by atoms with E-state index >= 15 is 0 Å². The largest absolute Gasteiger partial charge is 0.478 e. The fraction of sp³-hybridized carbons (Fsp3) is 0.308. The van der Waals surface area contributed by atoms with Crippen LogP contribution in [0.15, 0.2) is 28.8 Å². The van der Waals surface area contributed by atoms with Gasteiger partial charge in [-0.2, -0.15) is 0 Å². The van der Waals surface area contributed by atoms with Crippen molar-refractivity contribution in [3.05, 3.63) is 39.9 Å². The molecule has 0 spiro atoms. The molecule has 2 rings (SSSR count). The number of benzene rings is 1. The molecule has 0 fully saturated rings. The number of aryl methyl sites for hydroxylation is 1. The lowest BCUT2D eigenvalue weighted by Gasteiger charge is -2.31. The van der Waals surface area contributed by atoms with E-state index in [0.717, 1.165) is 30.6 Å². The standard InChI is InChI=1S/C13H13Cl2NO2/c14-7-11(15)8-16-5-1-2-9-6-10(13(17)18)3-4-12(9)16/h3-4,6-7H,1-2,5,8H2,(H,17,18)/b11-7-. The first-order chi connectivity index (χ1) is 8.61. The van der Waals surface area contributed by atoms with E-state index in [2.05, 4.69) is 4.90 Å². The van der Waals surface area contributed by atoms with Gasteiger partial charge in [-0.25, -0.2) is 4.79 Å². The van der Waals surface area contributed by atoms with Crippen molar-refractivity contribution in [3.8, 4) is 0 Å². The van der Waals surface area contributed by atoms with E-state index in [0.29, 0.717) is 17.1 Å². The molecular weight excluding hydrogens is 273 g/mol. The molecule has 0 saturated heterocycles. The van der Waals surface area contributed by atoms with Crippen LogP contribution in [0.2, 0.25) is 0 Å². The third-order valence-electron chi connectivity index (χ3n) is 3.00. The molecule has 0 radical (unpaired) electrons. The molecule has 1 heterocycles. The van der Waals surface area contributed by atoms with Gasteiger partial charge in [-0.05, 0) is 36.6 Å². The average molecular weight is 286 g/mol. The summed E-state index contributed by atoms with van der Waals surface area (Å²) in [6.07, 6.45) is 1.89. The second-order valence-electron chi connectivity index (χ2n) is 4.23. The SMILES string of the molecule is O=C(O)c1ccc2c(c1)CCCN2C/C(Cl)=C/Cl. The van der Waals surface area contributed by atoms with Crippen LogP contribution < -0.4 is 4.90 Å². The molecule has 1 aromatic rings. The Morgan fingerprint density at radius 1 is 1.50 bits per heavy atom. The Labute approximate surface area is 116 Å². The van der Waals surface area contributed by atoms with E-state index < -0.39 is 5.97 Å². The molecule has 0 unspecified atom stereocenters. The van der Waals surface area contributed by atoms with Gasteiger partial charge in [0.15, 0.2) is 0 Å². The highest BCUT2D eigenvalue weighted by Gasteiger charge is 2.18. The van der Waals surface area contributed by atoms with Crippen molar-refractivity contribution in [1.29, 1.82) is 0 Å². The van der Waals surface area contributed by atoms with Gasteiger partial charge < -0.3 is 10.0 Å². The van der Waals surface area contributed by atoms with Crippen molar-refractivity contribution in [2.75, 3.05) is 18.0 Å². The molecule has 1 aliphatic rings. The van der Waals surface area contributed by atoms with Crippen LogP contribution in [0.3, 0.4) is 0 Å². The average Bonchev–Trinajstić information content (AvgIpc) is 2.38. The zero-order valence-electron chi connectivity index (χ0n) is 9.70. The summed E-state index contributed by atoms with van der Waals surface area (Å²) in [4.78, 5) is 13.0. The van der Waals surface area contributed by atoms with Crippen molar-refractivity contribution in [1.82, 2.24) is 0 Å². The van der Waals surface area contributed by atoms with Gasteiger partial charge in [-0.1, -0.05) is 23.2 Å². The minimum Gasteiger partial charge on any atom is -0.478 e. The van der Waals surface area contributed by atoms with Crippen LogP contribution in [0.4, 0.5) is 5.69 Å². The summed E-state index contributed by atoms with van der Waals surface area (Å²) in [6.45, 7) is 1.46. The maximum atomic E-state index is 10.9. The highest BCUT2D eigenvalue weighted by atomic mass is 35.5. The summed E-state index contributed by atoms with van der Waals surface area (Å²) in [5.41, 5.74) is 3.79. The number of rotatable bonds is 3. The van der Waals surface area contributed by atoms with Gasteiger partial charge in [0.2, 0.25) is 0 Å². The first kappa shape index (κ1) is 13.2. The quantitative estimate of drug-likeness (QED) is 0.925. The van der Waals surface area contributed by atoms with E-state index in [-0.39, 0.29) is 0 Å². The fourth-order valence-corrected chi connectivity index (χ4v) is 2.40. The van der Waals surface area contributed by atoms with E-state index in [4.69, 9.17) is 28.3 Å². The summed E-state index contributed by atoms with van der Waals surface area (Å²) in [7, 11) is 0. The summed E-state index contributed by atoms with van der Waals surface area (Å²) in [5.74, 6) is -0.895. The van der Waals surface area contributed by atoms with Crippen molar-refractivity contribution in [3.63, 3.8) is 0 Å². The molecule has 1 N–H and O–H groups in total.